The Morgan fingerprint density at radius 2 is 2.00 bits per heavy atom. The molecule has 4 aliphatic rings. The van der Waals surface area contributed by atoms with E-state index < -0.39 is 17.1 Å². The molecular formula is C23H34O5S. The summed E-state index contributed by atoms with van der Waals surface area (Å²) in [5.41, 5.74) is -0.973. The number of carbonyl (C=O) groups excluding carboxylic acids is 2. The summed E-state index contributed by atoms with van der Waals surface area (Å²) in [6.07, 6.45) is 6.08. The number of fused-ring (bicyclic) bond motifs is 5. The Hall–Kier alpha value is -0.690. The topological polar surface area (TPSA) is 94.8 Å². The average Bonchev–Trinajstić information content (AvgIpc) is 2.94. The molecule has 3 saturated carbocycles. The van der Waals surface area contributed by atoms with Gasteiger partial charge >= 0.3 is 0 Å². The van der Waals surface area contributed by atoms with Crippen molar-refractivity contribution in [1.82, 2.24) is 0 Å². The first-order valence-electron chi connectivity index (χ1n) is 11.0. The molecule has 3 fully saturated rings. The quantitative estimate of drug-likeness (QED) is 0.590. The maximum Gasteiger partial charge on any atom is 0.174 e. The highest BCUT2D eigenvalue weighted by Gasteiger charge is 2.68. The predicted molar refractivity (Wildman–Crippen MR) is 112 cm³/mol. The lowest BCUT2D eigenvalue weighted by Gasteiger charge is -2.60. The molecule has 162 valence electrons. The Morgan fingerprint density at radius 3 is 2.72 bits per heavy atom. The molecule has 0 aliphatic heterocycles. The lowest BCUT2D eigenvalue weighted by atomic mass is 9.45. The van der Waals surface area contributed by atoms with Gasteiger partial charge in [0, 0.05) is 17.6 Å². The molecule has 5 nitrogen and oxygen atoms in total. The number of carbonyl (C=O) groups is 2. The number of hydrogen-bond donors (Lipinski definition) is 3. The minimum absolute atomic E-state index is 0.0235. The molecule has 0 aromatic heterocycles. The molecule has 0 radical (unpaired) electrons. The number of aliphatic hydroxyl groups is 3. The number of ketones is 2. The van der Waals surface area contributed by atoms with Crippen LogP contribution in [0.3, 0.4) is 0 Å². The van der Waals surface area contributed by atoms with E-state index in [9.17, 15) is 19.8 Å². The molecule has 6 heteroatoms. The molecule has 0 saturated heterocycles. The first-order chi connectivity index (χ1) is 13.7. The van der Waals surface area contributed by atoms with Crippen LogP contribution in [0.5, 0.6) is 0 Å². The Morgan fingerprint density at radius 1 is 1.24 bits per heavy atom. The Kier molecular flexibility index (Phi) is 5.55. The van der Waals surface area contributed by atoms with E-state index in [-0.39, 0.29) is 47.1 Å². The first-order valence-corrected chi connectivity index (χ1v) is 12.2. The van der Waals surface area contributed by atoms with Gasteiger partial charge in [-0.15, -0.1) is 0 Å². The van der Waals surface area contributed by atoms with Crippen LogP contribution >= 0.6 is 11.8 Å². The van der Waals surface area contributed by atoms with Crippen molar-refractivity contribution in [2.75, 3.05) is 18.1 Å². The van der Waals surface area contributed by atoms with Gasteiger partial charge < -0.3 is 15.3 Å². The Labute approximate surface area is 177 Å². The molecule has 7 atom stereocenters. The molecule has 0 heterocycles. The van der Waals surface area contributed by atoms with Crippen LogP contribution < -0.4 is 0 Å². The van der Waals surface area contributed by atoms with Crippen LogP contribution in [-0.4, -0.2) is 56.7 Å². The van der Waals surface area contributed by atoms with E-state index in [2.05, 4.69) is 6.92 Å². The van der Waals surface area contributed by atoms with Crippen LogP contribution in [0, 0.1) is 28.6 Å². The van der Waals surface area contributed by atoms with Gasteiger partial charge in [0.1, 0.15) is 5.60 Å². The SMILES string of the molecule is CC12CCC(=O)C=C1CCC1C2C(O)CC2(C)C1CCC2(O)C(=O)CSCCO. The van der Waals surface area contributed by atoms with Crippen molar-refractivity contribution in [3.05, 3.63) is 11.6 Å². The van der Waals surface area contributed by atoms with Gasteiger partial charge in [-0.1, -0.05) is 19.4 Å². The van der Waals surface area contributed by atoms with Crippen molar-refractivity contribution in [2.24, 2.45) is 28.6 Å². The summed E-state index contributed by atoms with van der Waals surface area (Å²) in [5.74, 6) is 1.31. The predicted octanol–water partition coefficient (Wildman–Crippen LogP) is 2.51. The van der Waals surface area contributed by atoms with E-state index in [4.69, 9.17) is 5.11 Å². The van der Waals surface area contributed by atoms with E-state index in [1.807, 2.05) is 13.0 Å². The fourth-order valence-electron chi connectivity index (χ4n) is 7.50. The maximum atomic E-state index is 13.0. The molecule has 3 N–H and O–H groups in total. The molecule has 29 heavy (non-hydrogen) atoms. The second kappa shape index (κ2) is 7.47. The zero-order chi connectivity index (χ0) is 21.0. The zero-order valence-corrected chi connectivity index (χ0v) is 18.3. The molecule has 0 spiro atoms. The smallest absolute Gasteiger partial charge is 0.174 e. The fraction of sp³-hybridized carbons (Fsp3) is 0.826. The highest BCUT2D eigenvalue weighted by Crippen LogP contribution is 2.67. The first kappa shape index (κ1) is 21.5. The molecular weight excluding hydrogens is 388 g/mol. The van der Waals surface area contributed by atoms with Gasteiger partial charge in [0.05, 0.1) is 18.5 Å². The number of hydrogen-bond acceptors (Lipinski definition) is 6. The van der Waals surface area contributed by atoms with E-state index in [1.165, 1.54) is 17.3 Å². The largest absolute Gasteiger partial charge is 0.396 e. The lowest BCUT2D eigenvalue weighted by molar-refractivity contribution is -0.178. The summed E-state index contributed by atoms with van der Waals surface area (Å²) >= 11 is 1.36. The van der Waals surface area contributed by atoms with E-state index in [1.54, 1.807) is 0 Å². The number of rotatable bonds is 5. The number of allylic oxidation sites excluding steroid dienone is 1. The molecule has 7 unspecified atom stereocenters. The Bertz CT molecular complexity index is 735. The average molecular weight is 423 g/mol. The van der Waals surface area contributed by atoms with Crippen LogP contribution in [0.1, 0.15) is 58.8 Å². The van der Waals surface area contributed by atoms with Gasteiger partial charge in [-0.3, -0.25) is 9.59 Å². The van der Waals surface area contributed by atoms with Crippen molar-refractivity contribution < 1.29 is 24.9 Å². The molecule has 4 rings (SSSR count). The highest BCUT2D eigenvalue weighted by atomic mass is 32.2. The molecule has 4 aliphatic carbocycles. The van der Waals surface area contributed by atoms with E-state index in [0.717, 1.165) is 25.7 Å². The minimum Gasteiger partial charge on any atom is -0.396 e. The summed E-state index contributed by atoms with van der Waals surface area (Å²) in [6.45, 7) is 4.25. The van der Waals surface area contributed by atoms with Crippen molar-refractivity contribution >= 4 is 23.3 Å². The van der Waals surface area contributed by atoms with Gasteiger partial charge in [0.2, 0.25) is 0 Å². The molecule has 0 amide bonds. The third kappa shape index (κ3) is 3.08. The van der Waals surface area contributed by atoms with Gasteiger partial charge in [-0.2, -0.15) is 11.8 Å². The van der Waals surface area contributed by atoms with Crippen LogP contribution in [-0.2, 0) is 9.59 Å². The summed E-state index contributed by atoms with van der Waals surface area (Å²) in [4.78, 5) is 25.0. The third-order valence-electron chi connectivity index (χ3n) is 8.98. The minimum atomic E-state index is -1.40. The van der Waals surface area contributed by atoms with Gasteiger partial charge in [-0.25, -0.2) is 0 Å². The summed E-state index contributed by atoms with van der Waals surface area (Å²) in [5, 5.41) is 31.9. The van der Waals surface area contributed by atoms with E-state index >= 15 is 0 Å². The summed E-state index contributed by atoms with van der Waals surface area (Å²) in [6, 6.07) is 0. The number of Topliss-reactive ketones (excluding diaryl/α,β-unsaturated/α-hetero) is 1. The normalized spacial score (nSPS) is 46.5. The molecule has 0 aromatic carbocycles. The lowest BCUT2D eigenvalue weighted by Crippen LogP contribution is -2.62. The standard InChI is InChI=1S/C23H34O5S/c1-21-7-5-15(25)11-14(21)3-4-16-17-6-8-23(28,19(27)13-29-10-9-24)22(17,2)12-18(26)20(16)21/h11,16-18,20,24,26,28H,3-10,12-13H2,1-2H3. The van der Waals surface area contributed by atoms with Crippen molar-refractivity contribution in [3.63, 3.8) is 0 Å². The number of thioether (sulfide) groups is 1. The monoisotopic (exact) mass is 422 g/mol. The van der Waals surface area contributed by atoms with Crippen molar-refractivity contribution in [2.45, 2.75) is 70.5 Å². The second-order valence-electron chi connectivity index (χ2n) is 10.2. The molecule has 0 aromatic rings. The summed E-state index contributed by atoms with van der Waals surface area (Å²) in [7, 11) is 0. The van der Waals surface area contributed by atoms with Crippen LogP contribution in [0.2, 0.25) is 0 Å². The highest BCUT2D eigenvalue weighted by molar-refractivity contribution is 7.99. The van der Waals surface area contributed by atoms with Crippen LogP contribution in [0.15, 0.2) is 11.6 Å². The van der Waals surface area contributed by atoms with Crippen molar-refractivity contribution in [3.8, 4) is 0 Å². The zero-order valence-electron chi connectivity index (χ0n) is 17.5. The van der Waals surface area contributed by atoms with Crippen LogP contribution in [0.25, 0.3) is 0 Å². The van der Waals surface area contributed by atoms with E-state index in [0.29, 0.717) is 25.0 Å². The van der Waals surface area contributed by atoms with Crippen molar-refractivity contribution in [1.29, 1.82) is 0 Å². The third-order valence-corrected chi connectivity index (χ3v) is 9.92. The van der Waals surface area contributed by atoms with Crippen LogP contribution in [0.4, 0.5) is 0 Å². The second-order valence-corrected chi connectivity index (χ2v) is 11.3. The Balaban J connectivity index is 1.63. The fourth-order valence-corrected chi connectivity index (χ4v) is 8.20. The molecule has 0 bridgehead atoms. The maximum absolute atomic E-state index is 13.0. The number of aliphatic hydroxyl groups excluding tert-OH is 2. The summed E-state index contributed by atoms with van der Waals surface area (Å²) < 4.78 is 0. The van der Waals surface area contributed by atoms with Gasteiger partial charge in [0.15, 0.2) is 11.6 Å². The van der Waals surface area contributed by atoms with Gasteiger partial charge in [0.25, 0.3) is 0 Å². The van der Waals surface area contributed by atoms with Gasteiger partial charge in [-0.05, 0) is 67.8 Å².